The molecule has 2 aliphatic heterocycles. The van der Waals surface area contributed by atoms with Gasteiger partial charge < -0.3 is 10.6 Å². The maximum absolute atomic E-state index is 12.9. The quantitative estimate of drug-likeness (QED) is 0.526. The number of hydrogen-bond donors (Lipinski definition) is 3. The first-order valence-corrected chi connectivity index (χ1v) is 12.8. The van der Waals surface area contributed by atoms with Crippen LogP contribution in [0.15, 0.2) is 64.5 Å². The number of hydrogen-bond acceptors (Lipinski definition) is 6. The summed E-state index contributed by atoms with van der Waals surface area (Å²) in [5, 5.41) is 5.24. The molecule has 1 atom stereocenters. The largest absolute Gasteiger partial charge is 0.325 e. The first-order chi connectivity index (χ1) is 16.7. The molecule has 184 valence electrons. The highest BCUT2D eigenvalue weighted by atomic mass is 32.2. The van der Waals surface area contributed by atoms with E-state index in [1.807, 2.05) is 0 Å². The smallest absolute Gasteiger partial charge is 0.325 e. The van der Waals surface area contributed by atoms with Gasteiger partial charge in [-0.2, -0.15) is 0 Å². The van der Waals surface area contributed by atoms with Crippen LogP contribution in [0.3, 0.4) is 0 Å². The molecule has 2 aromatic carbocycles. The van der Waals surface area contributed by atoms with Gasteiger partial charge in [-0.05, 0) is 49.6 Å². The zero-order chi connectivity index (χ0) is 25.1. The van der Waals surface area contributed by atoms with Gasteiger partial charge >= 0.3 is 6.03 Å². The predicted octanol–water partition coefficient (Wildman–Crippen LogP) is 2.34. The van der Waals surface area contributed by atoms with Crippen LogP contribution in [-0.2, 0) is 25.2 Å². The lowest BCUT2D eigenvalue weighted by molar-refractivity contribution is -0.133. The molecule has 2 aliphatic rings. The first kappa shape index (κ1) is 24.4. The van der Waals surface area contributed by atoms with Crippen LogP contribution in [0.4, 0.5) is 10.5 Å². The van der Waals surface area contributed by atoms with Gasteiger partial charge in [-0.1, -0.05) is 36.8 Å². The van der Waals surface area contributed by atoms with Crippen molar-refractivity contribution in [3.63, 3.8) is 0 Å². The van der Waals surface area contributed by atoms with Crippen molar-refractivity contribution in [2.75, 3.05) is 18.4 Å². The number of anilines is 1. The summed E-state index contributed by atoms with van der Waals surface area (Å²) in [7, 11) is -3.79. The zero-order valence-electron chi connectivity index (χ0n) is 19.3. The van der Waals surface area contributed by atoms with Gasteiger partial charge in [-0.15, -0.1) is 0 Å². The standard InChI is InChI=1S/C24H27N5O5S/c1-24(17-8-4-2-5-9-17)22(31)29(23(32)27-24)16-21(30)26-18-11-13-19(14-12-18)35(33,34)28-20-10-6-3-7-15-25-20/h2,4-5,8-9,11-14H,3,6-7,10,15-16H2,1H3,(H,25,28)(H,26,30)(H,27,32)/t24-/m0/s1. The highest BCUT2D eigenvalue weighted by molar-refractivity contribution is 7.90. The van der Waals surface area contributed by atoms with Gasteiger partial charge in [0.1, 0.15) is 17.9 Å². The first-order valence-electron chi connectivity index (χ1n) is 11.3. The van der Waals surface area contributed by atoms with Crippen molar-refractivity contribution in [1.29, 1.82) is 0 Å². The van der Waals surface area contributed by atoms with E-state index in [-0.39, 0.29) is 4.90 Å². The molecular weight excluding hydrogens is 470 g/mol. The number of amidine groups is 1. The minimum absolute atomic E-state index is 0.0372. The lowest BCUT2D eigenvalue weighted by atomic mass is 9.92. The molecule has 0 aromatic heterocycles. The normalized spacial score (nSPS) is 20.6. The molecule has 11 heteroatoms. The van der Waals surface area contributed by atoms with E-state index in [1.165, 1.54) is 24.3 Å². The Bertz CT molecular complexity index is 1260. The summed E-state index contributed by atoms with van der Waals surface area (Å²) < 4.78 is 27.9. The molecular formula is C24H27N5O5S. The van der Waals surface area contributed by atoms with Gasteiger partial charge in [0.05, 0.1) is 4.90 Å². The number of amides is 4. The number of carbonyl (C=O) groups excluding carboxylic acids is 3. The molecule has 35 heavy (non-hydrogen) atoms. The Morgan fingerprint density at radius 1 is 1.06 bits per heavy atom. The Labute approximate surface area is 203 Å². The molecule has 0 saturated carbocycles. The third-order valence-electron chi connectivity index (χ3n) is 6.00. The summed E-state index contributed by atoms with van der Waals surface area (Å²) in [5.41, 5.74) is -0.316. The summed E-state index contributed by atoms with van der Waals surface area (Å²) in [6.07, 6.45) is 3.42. The predicted molar refractivity (Wildman–Crippen MR) is 130 cm³/mol. The Morgan fingerprint density at radius 3 is 2.49 bits per heavy atom. The summed E-state index contributed by atoms with van der Waals surface area (Å²) in [5.74, 6) is -0.666. The summed E-state index contributed by atoms with van der Waals surface area (Å²) in [6.45, 7) is 1.72. The Balaban J connectivity index is 1.38. The Kier molecular flexibility index (Phi) is 6.88. The van der Waals surface area contributed by atoms with Crippen LogP contribution < -0.4 is 15.4 Å². The van der Waals surface area contributed by atoms with Crippen molar-refractivity contribution in [2.24, 2.45) is 4.99 Å². The van der Waals surface area contributed by atoms with Crippen LogP contribution in [0.25, 0.3) is 0 Å². The fourth-order valence-electron chi connectivity index (χ4n) is 4.04. The molecule has 0 spiro atoms. The second kappa shape index (κ2) is 9.87. The summed E-state index contributed by atoms with van der Waals surface area (Å²) in [4.78, 5) is 43.1. The molecule has 0 aliphatic carbocycles. The van der Waals surface area contributed by atoms with Crippen LogP contribution in [-0.4, -0.2) is 50.1 Å². The monoisotopic (exact) mass is 497 g/mol. The molecule has 0 radical (unpaired) electrons. The van der Waals surface area contributed by atoms with Crippen LogP contribution in [0, 0.1) is 0 Å². The van der Waals surface area contributed by atoms with Crippen molar-refractivity contribution < 1.29 is 22.8 Å². The highest BCUT2D eigenvalue weighted by Gasteiger charge is 2.49. The number of imide groups is 1. The number of sulfonamides is 1. The number of rotatable bonds is 6. The lowest BCUT2D eigenvalue weighted by Crippen LogP contribution is -2.42. The van der Waals surface area contributed by atoms with Gasteiger partial charge in [0.25, 0.3) is 15.9 Å². The third kappa shape index (κ3) is 5.35. The molecule has 4 rings (SSSR count). The number of carbonyl (C=O) groups is 3. The Hall–Kier alpha value is -3.73. The highest BCUT2D eigenvalue weighted by Crippen LogP contribution is 2.28. The van der Waals surface area contributed by atoms with Crippen molar-refractivity contribution in [3.8, 4) is 0 Å². The molecule has 4 amide bonds. The lowest BCUT2D eigenvalue weighted by Gasteiger charge is -2.22. The van der Waals surface area contributed by atoms with E-state index in [9.17, 15) is 22.8 Å². The van der Waals surface area contributed by atoms with Crippen molar-refractivity contribution in [1.82, 2.24) is 14.9 Å². The van der Waals surface area contributed by atoms with Crippen molar-refractivity contribution in [2.45, 2.75) is 43.0 Å². The molecule has 1 fully saturated rings. The van der Waals surface area contributed by atoms with Crippen LogP contribution in [0.1, 0.15) is 38.2 Å². The fourth-order valence-corrected chi connectivity index (χ4v) is 5.13. The number of nitrogens with zero attached hydrogens (tertiary/aromatic N) is 2. The Morgan fingerprint density at radius 2 is 1.77 bits per heavy atom. The molecule has 0 unspecified atom stereocenters. The molecule has 0 bridgehead atoms. The van der Waals surface area contributed by atoms with E-state index < -0.39 is 40.0 Å². The van der Waals surface area contributed by atoms with Crippen LogP contribution in [0.2, 0.25) is 0 Å². The number of benzene rings is 2. The molecule has 2 heterocycles. The number of urea groups is 1. The maximum Gasteiger partial charge on any atom is 0.325 e. The van der Waals surface area contributed by atoms with Crippen LogP contribution in [0.5, 0.6) is 0 Å². The van der Waals surface area contributed by atoms with Crippen LogP contribution >= 0.6 is 0 Å². The minimum atomic E-state index is -3.79. The van der Waals surface area contributed by atoms with Gasteiger partial charge in [0.2, 0.25) is 5.91 Å². The molecule has 2 aromatic rings. The maximum atomic E-state index is 12.9. The summed E-state index contributed by atoms with van der Waals surface area (Å²) >= 11 is 0. The van der Waals surface area contributed by atoms with E-state index >= 15 is 0 Å². The van der Waals surface area contributed by atoms with E-state index in [1.54, 1.807) is 37.3 Å². The second-order valence-corrected chi connectivity index (χ2v) is 10.3. The number of nitrogens with one attached hydrogen (secondary N) is 3. The van der Waals surface area contributed by atoms with Gasteiger partial charge in [-0.3, -0.25) is 24.2 Å². The third-order valence-corrected chi connectivity index (χ3v) is 7.40. The second-order valence-electron chi connectivity index (χ2n) is 8.63. The van der Waals surface area contributed by atoms with E-state index in [0.717, 1.165) is 24.2 Å². The average molecular weight is 498 g/mol. The summed E-state index contributed by atoms with van der Waals surface area (Å²) in [6, 6.07) is 13.8. The average Bonchev–Trinajstić information content (AvgIpc) is 3.00. The van der Waals surface area contributed by atoms with E-state index in [0.29, 0.717) is 30.1 Å². The molecule has 1 saturated heterocycles. The SMILES string of the molecule is C[C@@]1(c2ccccc2)NC(=O)N(CC(=O)Nc2ccc(S(=O)(=O)NC3=NCCCCC3)cc2)C1=O. The van der Waals surface area contributed by atoms with Crippen molar-refractivity contribution in [3.05, 3.63) is 60.2 Å². The fraction of sp³-hybridized carbons (Fsp3) is 0.333. The zero-order valence-corrected chi connectivity index (χ0v) is 20.1. The van der Waals surface area contributed by atoms with Crippen molar-refractivity contribution >= 4 is 39.4 Å². The van der Waals surface area contributed by atoms with Gasteiger partial charge in [0.15, 0.2) is 0 Å². The number of aliphatic imine (C=N–C) groups is 1. The van der Waals surface area contributed by atoms with E-state index in [4.69, 9.17) is 0 Å². The topological polar surface area (TPSA) is 137 Å². The van der Waals surface area contributed by atoms with E-state index in [2.05, 4.69) is 20.3 Å². The molecule has 3 N–H and O–H groups in total. The minimum Gasteiger partial charge on any atom is -0.325 e. The van der Waals surface area contributed by atoms with Gasteiger partial charge in [0, 0.05) is 18.7 Å². The van der Waals surface area contributed by atoms with Gasteiger partial charge in [-0.25, -0.2) is 13.2 Å². The molecule has 10 nitrogen and oxygen atoms in total.